The van der Waals surface area contributed by atoms with Crippen LogP contribution >= 0.6 is 0 Å². The Morgan fingerprint density at radius 1 is 1.13 bits per heavy atom. The van der Waals surface area contributed by atoms with E-state index >= 15 is 0 Å². The van der Waals surface area contributed by atoms with Crippen molar-refractivity contribution in [3.8, 4) is 11.4 Å². The van der Waals surface area contributed by atoms with Gasteiger partial charge in [-0.2, -0.15) is 4.98 Å². The molecule has 0 saturated carbocycles. The summed E-state index contributed by atoms with van der Waals surface area (Å²) in [4.78, 5) is 12.7. The van der Waals surface area contributed by atoms with Gasteiger partial charge in [-0.05, 0) is 43.7 Å². The van der Waals surface area contributed by atoms with Gasteiger partial charge in [-0.15, -0.1) is 0 Å². The molecule has 23 heavy (non-hydrogen) atoms. The van der Waals surface area contributed by atoms with Crippen molar-refractivity contribution >= 4 is 5.95 Å². The molecule has 0 unspecified atom stereocenters. The first kappa shape index (κ1) is 15.1. The van der Waals surface area contributed by atoms with E-state index < -0.39 is 0 Å². The van der Waals surface area contributed by atoms with Crippen molar-refractivity contribution in [2.24, 2.45) is 0 Å². The maximum absolute atomic E-state index is 12.9. The third-order valence-corrected chi connectivity index (χ3v) is 3.22. The minimum Gasteiger partial charge on any atom is -0.354 e. The molecule has 3 rings (SSSR count). The zero-order valence-corrected chi connectivity index (χ0v) is 12.7. The maximum Gasteiger partial charge on any atom is 0.227 e. The van der Waals surface area contributed by atoms with E-state index in [1.54, 1.807) is 18.3 Å². The van der Waals surface area contributed by atoms with Gasteiger partial charge in [0.05, 0.1) is 0 Å². The van der Waals surface area contributed by atoms with Gasteiger partial charge >= 0.3 is 0 Å². The van der Waals surface area contributed by atoms with Gasteiger partial charge in [0, 0.05) is 30.4 Å². The predicted molar refractivity (Wildman–Crippen MR) is 83.3 cm³/mol. The van der Waals surface area contributed by atoms with E-state index in [0.717, 1.165) is 17.7 Å². The van der Waals surface area contributed by atoms with Crippen molar-refractivity contribution in [1.82, 2.24) is 20.1 Å². The number of nitrogens with zero attached hydrogens (tertiary/aromatic N) is 4. The topological polar surface area (TPSA) is 76.7 Å². The lowest BCUT2D eigenvalue weighted by Crippen LogP contribution is -2.06. The highest BCUT2D eigenvalue weighted by Crippen LogP contribution is 2.16. The SMILES string of the molecule is Cc1ccnc(NCCCc2nc(-c3ccc(F)cc3)no2)n1. The van der Waals surface area contributed by atoms with Crippen LogP contribution in [0.4, 0.5) is 10.3 Å². The fourth-order valence-corrected chi connectivity index (χ4v) is 2.05. The van der Waals surface area contributed by atoms with Crippen LogP contribution in [0.25, 0.3) is 11.4 Å². The Morgan fingerprint density at radius 3 is 2.74 bits per heavy atom. The first-order chi connectivity index (χ1) is 11.2. The molecule has 0 spiro atoms. The van der Waals surface area contributed by atoms with Gasteiger partial charge in [0.15, 0.2) is 0 Å². The van der Waals surface area contributed by atoms with Gasteiger partial charge in [-0.25, -0.2) is 14.4 Å². The van der Waals surface area contributed by atoms with Crippen LogP contribution in [0.5, 0.6) is 0 Å². The lowest BCUT2D eigenvalue weighted by molar-refractivity contribution is 0.377. The molecule has 0 fully saturated rings. The van der Waals surface area contributed by atoms with Crippen molar-refractivity contribution in [3.05, 3.63) is 53.9 Å². The Bertz CT molecular complexity index is 772. The summed E-state index contributed by atoms with van der Waals surface area (Å²) in [5.41, 5.74) is 1.65. The molecule has 0 saturated heterocycles. The molecule has 0 aliphatic heterocycles. The van der Waals surface area contributed by atoms with Crippen molar-refractivity contribution in [2.75, 3.05) is 11.9 Å². The highest BCUT2D eigenvalue weighted by atomic mass is 19.1. The van der Waals surface area contributed by atoms with Crippen molar-refractivity contribution in [3.63, 3.8) is 0 Å². The Kier molecular flexibility index (Phi) is 4.56. The summed E-state index contributed by atoms with van der Waals surface area (Å²) in [5.74, 6) is 1.34. The Labute approximate surface area is 132 Å². The van der Waals surface area contributed by atoms with Crippen LogP contribution in [-0.4, -0.2) is 26.7 Å². The third kappa shape index (κ3) is 4.09. The van der Waals surface area contributed by atoms with E-state index in [2.05, 4.69) is 25.4 Å². The molecule has 1 N–H and O–H groups in total. The Balaban J connectivity index is 1.50. The molecule has 0 aliphatic carbocycles. The lowest BCUT2D eigenvalue weighted by Gasteiger charge is -2.03. The molecule has 0 atom stereocenters. The molecule has 0 aliphatic rings. The van der Waals surface area contributed by atoms with Gasteiger partial charge in [-0.1, -0.05) is 5.16 Å². The monoisotopic (exact) mass is 313 g/mol. The molecule has 6 nitrogen and oxygen atoms in total. The molecule has 118 valence electrons. The van der Waals surface area contributed by atoms with Crippen LogP contribution in [-0.2, 0) is 6.42 Å². The minimum atomic E-state index is -0.290. The average molecular weight is 313 g/mol. The summed E-state index contributed by atoms with van der Waals surface area (Å²) in [6.07, 6.45) is 3.17. The highest BCUT2D eigenvalue weighted by Gasteiger charge is 2.08. The standard InChI is InChI=1S/C16H16FN5O/c1-11-8-10-19-16(20-11)18-9-2-3-14-21-15(22-23-14)12-4-6-13(17)7-5-12/h4-8,10H,2-3,9H2,1H3,(H,18,19,20). The summed E-state index contributed by atoms with van der Waals surface area (Å²) in [6.45, 7) is 2.62. The molecule has 0 bridgehead atoms. The minimum absolute atomic E-state index is 0.290. The smallest absolute Gasteiger partial charge is 0.227 e. The molecule has 1 aromatic carbocycles. The van der Waals surface area contributed by atoms with E-state index in [0.29, 0.717) is 30.6 Å². The lowest BCUT2D eigenvalue weighted by atomic mass is 10.2. The van der Waals surface area contributed by atoms with Crippen LogP contribution in [0.3, 0.4) is 0 Å². The number of hydrogen-bond donors (Lipinski definition) is 1. The number of hydrogen-bond acceptors (Lipinski definition) is 6. The Morgan fingerprint density at radius 2 is 1.96 bits per heavy atom. The van der Waals surface area contributed by atoms with Crippen molar-refractivity contribution < 1.29 is 8.91 Å². The highest BCUT2D eigenvalue weighted by molar-refractivity contribution is 5.53. The number of anilines is 1. The first-order valence-electron chi connectivity index (χ1n) is 7.33. The first-order valence-corrected chi connectivity index (χ1v) is 7.33. The van der Waals surface area contributed by atoms with Gasteiger partial charge < -0.3 is 9.84 Å². The summed E-state index contributed by atoms with van der Waals surface area (Å²) in [5, 5.41) is 7.06. The van der Waals surface area contributed by atoms with Gasteiger partial charge in [0.2, 0.25) is 17.7 Å². The van der Waals surface area contributed by atoms with Crippen molar-refractivity contribution in [1.29, 1.82) is 0 Å². The van der Waals surface area contributed by atoms with Crippen LogP contribution in [0.2, 0.25) is 0 Å². The normalized spacial score (nSPS) is 10.7. The van der Waals surface area contributed by atoms with Gasteiger partial charge in [0.25, 0.3) is 0 Å². The zero-order chi connectivity index (χ0) is 16.1. The molecule has 2 aromatic heterocycles. The average Bonchev–Trinajstić information content (AvgIpc) is 3.01. The van der Waals surface area contributed by atoms with E-state index in [-0.39, 0.29) is 5.82 Å². The zero-order valence-electron chi connectivity index (χ0n) is 12.7. The van der Waals surface area contributed by atoms with E-state index in [9.17, 15) is 4.39 Å². The number of rotatable bonds is 6. The second-order valence-electron chi connectivity index (χ2n) is 5.07. The number of nitrogens with one attached hydrogen (secondary N) is 1. The van der Waals surface area contributed by atoms with Gasteiger partial charge in [0.1, 0.15) is 5.82 Å². The fourth-order valence-electron chi connectivity index (χ4n) is 2.05. The maximum atomic E-state index is 12.9. The quantitative estimate of drug-likeness (QED) is 0.705. The number of halogens is 1. The van der Waals surface area contributed by atoms with E-state index in [1.807, 2.05) is 13.0 Å². The summed E-state index contributed by atoms with van der Waals surface area (Å²) < 4.78 is 18.1. The largest absolute Gasteiger partial charge is 0.354 e. The molecule has 0 amide bonds. The molecular formula is C16H16FN5O. The predicted octanol–water partition coefficient (Wildman–Crippen LogP) is 3.02. The van der Waals surface area contributed by atoms with Crippen LogP contribution in [0.15, 0.2) is 41.1 Å². The summed E-state index contributed by atoms with van der Waals surface area (Å²) >= 11 is 0. The summed E-state index contributed by atoms with van der Waals surface area (Å²) in [6, 6.07) is 7.84. The van der Waals surface area contributed by atoms with E-state index in [4.69, 9.17) is 4.52 Å². The van der Waals surface area contributed by atoms with Crippen LogP contribution in [0.1, 0.15) is 18.0 Å². The summed E-state index contributed by atoms with van der Waals surface area (Å²) in [7, 11) is 0. The molecule has 0 radical (unpaired) electrons. The third-order valence-electron chi connectivity index (χ3n) is 3.22. The van der Waals surface area contributed by atoms with Gasteiger partial charge in [-0.3, -0.25) is 0 Å². The van der Waals surface area contributed by atoms with E-state index in [1.165, 1.54) is 12.1 Å². The second kappa shape index (κ2) is 6.95. The van der Waals surface area contributed by atoms with Crippen LogP contribution < -0.4 is 5.32 Å². The molecule has 3 aromatic rings. The Hall–Kier alpha value is -2.83. The van der Waals surface area contributed by atoms with Crippen LogP contribution in [0, 0.1) is 12.7 Å². The fraction of sp³-hybridized carbons (Fsp3) is 0.250. The number of aryl methyl sites for hydroxylation is 2. The second-order valence-corrected chi connectivity index (χ2v) is 5.07. The molecule has 2 heterocycles. The molecule has 7 heteroatoms. The number of benzene rings is 1. The molecular weight excluding hydrogens is 297 g/mol. The van der Waals surface area contributed by atoms with Crippen molar-refractivity contribution in [2.45, 2.75) is 19.8 Å². The number of aromatic nitrogens is 4.